The molecular formula is C65H57BN2. The van der Waals surface area contributed by atoms with Crippen molar-refractivity contribution in [2.75, 3.05) is 0 Å². The molecule has 14 rings (SSSR count). The lowest BCUT2D eigenvalue weighted by Crippen LogP contribution is -2.60. The van der Waals surface area contributed by atoms with Crippen LogP contribution in [0.3, 0.4) is 0 Å². The zero-order chi connectivity index (χ0) is 46.5. The van der Waals surface area contributed by atoms with E-state index in [1.807, 2.05) is 0 Å². The normalized spacial score (nSPS) is 14.5. The molecule has 8 aromatic carbocycles. The van der Waals surface area contributed by atoms with Crippen molar-refractivity contribution in [3.05, 3.63) is 195 Å². The predicted molar refractivity (Wildman–Crippen MR) is 290 cm³/mol. The first-order valence-corrected chi connectivity index (χ1v) is 25.2. The Kier molecular flexibility index (Phi) is 7.83. The highest BCUT2D eigenvalue weighted by molar-refractivity contribution is 7.00. The standard InChI is InChI=1S/C65H57BN2/c1-11-63(7,8)42-32-47-48-33-43(64(9,10)12-2)35-54-61(48)68-59(47)52(34-42)65(50-30-38(5)20-26-44(50)45-27-21-39(6)31-51(45)65)49-28-29-55-57(62(49)68)66(54)53-15-13-14-46-56(40-22-16-36(3)17-23-40)58(67(55)60(46)53)41-24-18-37(4)19-25-41/h13-35H,11-12H2,1-10H3. The predicted octanol–water partition coefficient (Wildman–Crippen LogP) is 14.5. The van der Waals surface area contributed by atoms with Crippen molar-refractivity contribution in [3.8, 4) is 44.9 Å². The highest BCUT2D eigenvalue weighted by Gasteiger charge is 2.55. The van der Waals surface area contributed by atoms with E-state index in [0.29, 0.717) is 0 Å². The summed E-state index contributed by atoms with van der Waals surface area (Å²) >= 11 is 0. The second-order valence-electron chi connectivity index (χ2n) is 22.4. The van der Waals surface area contributed by atoms with Crippen LogP contribution in [0.1, 0.15) is 110 Å². The Bertz CT molecular complexity index is 3850. The summed E-state index contributed by atoms with van der Waals surface area (Å²) in [5, 5.41) is 4.09. The van der Waals surface area contributed by atoms with Crippen LogP contribution in [-0.4, -0.2) is 15.8 Å². The van der Waals surface area contributed by atoms with Crippen LogP contribution in [0.2, 0.25) is 0 Å². The molecule has 4 aliphatic rings. The van der Waals surface area contributed by atoms with Gasteiger partial charge in [-0.1, -0.05) is 185 Å². The second kappa shape index (κ2) is 13.2. The fraction of sp³-hybridized carbons (Fsp3) is 0.231. The number of rotatable bonds is 6. The third-order valence-electron chi connectivity index (χ3n) is 17.8. The molecule has 3 heteroatoms. The van der Waals surface area contributed by atoms with Crippen molar-refractivity contribution in [2.24, 2.45) is 0 Å². The van der Waals surface area contributed by atoms with E-state index in [2.05, 4.69) is 218 Å². The van der Waals surface area contributed by atoms with Crippen LogP contribution in [-0.2, 0) is 16.2 Å². The molecule has 0 fully saturated rings. The van der Waals surface area contributed by atoms with E-state index in [4.69, 9.17) is 0 Å². The zero-order valence-corrected chi connectivity index (χ0v) is 41.2. The van der Waals surface area contributed by atoms with Gasteiger partial charge in [0.05, 0.1) is 16.6 Å². The number of aromatic nitrogens is 2. The van der Waals surface area contributed by atoms with E-state index in [0.717, 1.165) is 12.8 Å². The lowest BCUT2D eigenvalue weighted by Gasteiger charge is -2.44. The number of aryl methyl sites for hydroxylation is 4. The van der Waals surface area contributed by atoms with Crippen LogP contribution in [0.25, 0.3) is 77.6 Å². The molecule has 2 nitrogen and oxygen atoms in total. The Morgan fingerprint density at radius 1 is 0.471 bits per heavy atom. The summed E-state index contributed by atoms with van der Waals surface area (Å²) in [5.74, 6) is 0. The maximum Gasteiger partial charge on any atom is 0.252 e. The fourth-order valence-electron chi connectivity index (χ4n) is 13.4. The quantitative estimate of drug-likeness (QED) is 0.147. The maximum atomic E-state index is 2.79. The van der Waals surface area contributed by atoms with Crippen molar-refractivity contribution in [1.82, 2.24) is 9.13 Å². The summed E-state index contributed by atoms with van der Waals surface area (Å²) in [4.78, 5) is 0. The van der Waals surface area contributed by atoms with Gasteiger partial charge < -0.3 is 9.13 Å². The fourth-order valence-corrected chi connectivity index (χ4v) is 13.4. The molecule has 0 unspecified atom stereocenters. The maximum absolute atomic E-state index is 2.79. The van der Waals surface area contributed by atoms with Crippen LogP contribution in [0.5, 0.6) is 0 Å². The highest BCUT2D eigenvalue weighted by Crippen LogP contribution is 2.62. The van der Waals surface area contributed by atoms with Gasteiger partial charge in [-0.3, -0.25) is 0 Å². The molecule has 0 N–H and O–H groups in total. The van der Waals surface area contributed by atoms with E-state index in [9.17, 15) is 0 Å². The molecule has 5 heterocycles. The largest absolute Gasteiger partial charge is 0.310 e. The van der Waals surface area contributed by atoms with E-state index in [1.54, 1.807) is 0 Å². The van der Waals surface area contributed by atoms with Crippen molar-refractivity contribution in [3.63, 3.8) is 0 Å². The Balaban J connectivity index is 1.25. The number of hydrogen-bond donors (Lipinski definition) is 0. The minimum Gasteiger partial charge on any atom is -0.310 e. The molecule has 1 aliphatic carbocycles. The Morgan fingerprint density at radius 3 is 1.65 bits per heavy atom. The molecule has 0 saturated carbocycles. The monoisotopic (exact) mass is 876 g/mol. The minimum atomic E-state index is -0.543. The first-order chi connectivity index (χ1) is 32.8. The summed E-state index contributed by atoms with van der Waals surface area (Å²) < 4.78 is 5.49. The second-order valence-corrected chi connectivity index (χ2v) is 22.4. The molecule has 68 heavy (non-hydrogen) atoms. The minimum absolute atomic E-state index is 0.0227. The van der Waals surface area contributed by atoms with Crippen LogP contribution in [0.4, 0.5) is 0 Å². The Morgan fingerprint density at radius 2 is 1.03 bits per heavy atom. The van der Waals surface area contributed by atoms with Gasteiger partial charge in [0.1, 0.15) is 0 Å². The van der Waals surface area contributed by atoms with E-state index in [-0.39, 0.29) is 17.5 Å². The molecular weight excluding hydrogens is 820 g/mol. The lowest BCUT2D eigenvalue weighted by atomic mass is 9.33. The molecule has 2 aromatic heterocycles. The number of hydrogen-bond acceptors (Lipinski definition) is 0. The van der Waals surface area contributed by atoms with Crippen LogP contribution in [0.15, 0.2) is 140 Å². The molecule has 0 amide bonds. The lowest BCUT2D eigenvalue weighted by molar-refractivity contribution is 0.505. The Hall–Kier alpha value is -6.84. The first-order valence-electron chi connectivity index (χ1n) is 25.2. The summed E-state index contributed by atoms with van der Waals surface area (Å²) in [6.45, 7) is 23.5. The van der Waals surface area contributed by atoms with Crippen molar-refractivity contribution < 1.29 is 0 Å². The van der Waals surface area contributed by atoms with Crippen molar-refractivity contribution in [2.45, 2.75) is 98.3 Å². The van der Waals surface area contributed by atoms with Gasteiger partial charge in [0.2, 0.25) is 0 Å². The van der Waals surface area contributed by atoms with Gasteiger partial charge in [-0.2, -0.15) is 0 Å². The molecule has 0 atom stereocenters. The van der Waals surface area contributed by atoms with Crippen LogP contribution < -0.4 is 16.4 Å². The van der Waals surface area contributed by atoms with E-state index in [1.165, 1.54) is 150 Å². The van der Waals surface area contributed by atoms with Crippen LogP contribution >= 0.6 is 0 Å². The van der Waals surface area contributed by atoms with E-state index < -0.39 is 5.41 Å². The summed E-state index contributed by atoms with van der Waals surface area (Å²) in [5.41, 5.74) is 31.8. The average molecular weight is 877 g/mol. The van der Waals surface area contributed by atoms with Gasteiger partial charge in [0.25, 0.3) is 6.71 Å². The SMILES string of the molecule is CCC(C)(C)c1cc2c3c(c1)c1cc(C(C)(C)CC)cc4c1n3-c1c(ccc3c1B2c1cccc2c(-c5ccc(C)cc5)c(-c5ccc(C)cc5)n-3c12)C41c2cc(C)ccc2-c2ccc(C)cc21. The smallest absolute Gasteiger partial charge is 0.252 e. The zero-order valence-electron chi connectivity index (χ0n) is 41.2. The summed E-state index contributed by atoms with van der Waals surface area (Å²) in [7, 11) is 0. The van der Waals surface area contributed by atoms with Gasteiger partial charge in [-0.15, -0.1) is 0 Å². The number of benzene rings is 8. The number of nitrogens with zero attached hydrogens (tertiary/aromatic N) is 2. The molecule has 10 aromatic rings. The number of fused-ring (bicyclic) bond motifs is 11. The number of para-hydroxylation sites is 1. The van der Waals surface area contributed by atoms with Gasteiger partial charge in [0, 0.05) is 44.1 Å². The topological polar surface area (TPSA) is 9.86 Å². The molecule has 0 radical (unpaired) electrons. The molecule has 3 aliphatic heterocycles. The van der Waals surface area contributed by atoms with Crippen molar-refractivity contribution in [1.29, 1.82) is 0 Å². The van der Waals surface area contributed by atoms with E-state index >= 15 is 0 Å². The van der Waals surface area contributed by atoms with Crippen molar-refractivity contribution >= 4 is 55.8 Å². The van der Waals surface area contributed by atoms with Crippen LogP contribution in [0, 0.1) is 27.7 Å². The Labute approximate surface area is 401 Å². The molecule has 330 valence electrons. The summed E-state index contributed by atoms with van der Waals surface area (Å²) in [6.07, 6.45) is 2.11. The van der Waals surface area contributed by atoms with Gasteiger partial charge >= 0.3 is 0 Å². The highest BCUT2D eigenvalue weighted by atomic mass is 15.1. The molecule has 0 saturated heterocycles. The third-order valence-corrected chi connectivity index (χ3v) is 17.8. The third kappa shape index (κ3) is 4.80. The average Bonchev–Trinajstić information content (AvgIpc) is 3.96. The molecule has 1 spiro atoms. The molecule has 0 bridgehead atoms. The van der Waals surface area contributed by atoms with Gasteiger partial charge in [-0.05, 0) is 142 Å². The summed E-state index contributed by atoms with van der Waals surface area (Å²) in [6, 6.07) is 56.0. The first kappa shape index (κ1) is 40.3. The van der Waals surface area contributed by atoms with Gasteiger partial charge in [-0.25, -0.2) is 0 Å². The van der Waals surface area contributed by atoms with Gasteiger partial charge in [0.15, 0.2) is 0 Å².